The Bertz CT molecular complexity index is 3530. The van der Waals surface area contributed by atoms with Gasteiger partial charge in [0, 0.05) is 47.8 Å². The van der Waals surface area contributed by atoms with Crippen molar-refractivity contribution < 1.29 is 39.9 Å². The third-order valence-electron chi connectivity index (χ3n) is 15.5. The van der Waals surface area contributed by atoms with E-state index in [4.69, 9.17) is 9.84 Å². The summed E-state index contributed by atoms with van der Waals surface area (Å²) in [6, 6.07) is 39.7. The third kappa shape index (κ3) is 15.6. The smallest absolute Gasteiger partial charge is 0.264 e. The van der Waals surface area contributed by atoms with Gasteiger partial charge in [0.25, 0.3) is 30.1 Å². The molecule has 0 radical (unpaired) electrons. The number of rotatable bonds is 22. The highest BCUT2D eigenvalue weighted by Gasteiger charge is 2.37. The van der Waals surface area contributed by atoms with Crippen molar-refractivity contribution in [2.45, 2.75) is 111 Å². The lowest BCUT2D eigenvalue weighted by atomic mass is 9.96. The predicted octanol–water partition coefficient (Wildman–Crippen LogP) is 10.1. The van der Waals surface area contributed by atoms with E-state index in [9.17, 15) is 30.0 Å². The van der Waals surface area contributed by atoms with Gasteiger partial charge in [-0.1, -0.05) is 104 Å². The van der Waals surface area contributed by atoms with Crippen molar-refractivity contribution in [3.63, 3.8) is 0 Å². The number of sulfonamides is 3. The van der Waals surface area contributed by atoms with Crippen LogP contribution in [0.1, 0.15) is 126 Å². The SMILES string of the molecule is COCCCCCNC1c2ccccc2N(C)S(=O)(=O)c2cc(C)ccc21.CSCCCNC1c2ccccc2N(C)S(=O)(=O)c2cc(C)ccc21.Cc1ccc2c(c1)S(=O)(=O)N(C)c1ccccc1C2NCCCCCCC(=O)NCCO. The number of carbonyl (C=O) groups excluding carboxylic acids is 1. The lowest BCUT2D eigenvalue weighted by Gasteiger charge is -2.22. The van der Waals surface area contributed by atoms with Crippen molar-refractivity contribution >= 4 is 64.8 Å². The Morgan fingerprint density at radius 1 is 0.488 bits per heavy atom. The van der Waals surface area contributed by atoms with Gasteiger partial charge in [-0.25, -0.2) is 25.3 Å². The quantitative estimate of drug-likeness (QED) is 0.0402. The van der Waals surface area contributed by atoms with E-state index in [-0.39, 0.29) is 30.6 Å². The molecule has 84 heavy (non-hydrogen) atoms. The highest BCUT2D eigenvalue weighted by atomic mass is 32.2. The van der Waals surface area contributed by atoms with Gasteiger partial charge in [0.15, 0.2) is 0 Å². The number of ether oxygens (including phenoxy) is 1. The van der Waals surface area contributed by atoms with Gasteiger partial charge in [0.05, 0.1) is 56.5 Å². The number of amides is 1. The minimum absolute atomic E-state index is 0.0236. The predicted molar refractivity (Wildman–Crippen MR) is 341 cm³/mol. The third-order valence-corrected chi connectivity index (χ3v) is 21.7. The standard InChI is InChI=1S/C24H33N3O4S.C21H28N2O3S.C19H24N2O2S2/c1-18-12-13-20-22(17-18)32(30,31)27(2)21-10-7-6-9-19(21)24(20)26-14-8-4-3-5-11-23(29)25-15-16-28;1-16-11-12-18-20(15-16)27(24,25)23(2)19-10-6-5-9-17(19)21(18)22-13-7-4-8-14-26-3;1-14-9-10-16-18(13-14)25(22,23)21(2)17-8-5-4-7-15(17)19(16)20-11-6-12-24-3/h6-7,9-10,12-13,17,24,26,28H,3-5,8,11,14-16H2,1-2H3,(H,25,29);5-6,9-12,15,21-22H,4,7-8,13-14H2,1-3H3;4-5,7-10,13,19-20H,6,11-12H2,1-3H3. The van der Waals surface area contributed by atoms with Crippen LogP contribution in [-0.4, -0.2) is 116 Å². The number of fused-ring (bicyclic) bond motifs is 6. The monoisotopic (exact) mass is 1220 g/mol. The number of aliphatic hydroxyl groups is 1. The van der Waals surface area contributed by atoms with Crippen LogP contribution < -0.4 is 34.2 Å². The van der Waals surface area contributed by atoms with Gasteiger partial charge in [-0.05, 0) is 177 Å². The molecule has 3 atom stereocenters. The van der Waals surface area contributed by atoms with E-state index in [1.165, 1.54) is 12.9 Å². The first-order valence-corrected chi connectivity index (χ1v) is 34.6. The molecule has 0 bridgehead atoms. The summed E-state index contributed by atoms with van der Waals surface area (Å²) < 4.78 is 88.6. The number of nitrogens with one attached hydrogen (secondary N) is 4. The molecule has 1 amide bonds. The van der Waals surface area contributed by atoms with E-state index >= 15 is 0 Å². The number of thioether (sulfide) groups is 1. The number of hydrogen-bond donors (Lipinski definition) is 5. The second-order valence-corrected chi connectivity index (χ2v) is 28.3. The maximum absolute atomic E-state index is 13.3. The van der Waals surface area contributed by atoms with Gasteiger partial charge in [0.1, 0.15) is 0 Å². The minimum Gasteiger partial charge on any atom is -0.395 e. The van der Waals surface area contributed by atoms with Crippen molar-refractivity contribution in [2.24, 2.45) is 0 Å². The number of para-hydroxylation sites is 3. The molecule has 0 spiro atoms. The largest absolute Gasteiger partial charge is 0.395 e. The zero-order valence-electron chi connectivity index (χ0n) is 49.9. The molecule has 5 N–H and O–H groups in total. The molecule has 3 aliphatic heterocycles. The van der Waals surface area contributed by atoms with Crippen LogP contribution >= 0.6 is 11.8 Å². The van der Waals surface area contributed by atoms with E-state index in [0.717, 1.165) is 145 Å². The molecule has 3 aliphatic rings. The zero-order chi connectivity index (χ0) is 60.6. The fourth-order valence-electron chi connectivity index (χ4n) is 10.9. The summed E-state index contributed by atoms with van der Waals surface area (Å²) in [7, 11) is -4.21. The highest BCUT2D eigenvalue weighted by Crippen LogP contribution is 2.43. The number of nitrogens with zero attached hydrogens (tertiary/aromatic N) is 3. The summed E-state index contributed by atoms with van der Waals surface area (Å²) in [5, 5.41) is 22.2. The molecule has 454 valence electrons. The van der Waals surface area contributed by atoms with Gasteiger partial charge >= 0.3 is 0 Å². The summed E-state index contributed by atoms with van der Waals surface area (Å²) in [4.78, 5) is 12.7. The van der Waals surface area contributed by atoms with Gasteiger partial charge in [-0.2, -0.15) is 11.8 Å². The van der Waals surface area contributed by atoms with Crippen molar-refractivity contribution in [2.75, 3.05) is 92.6 Å². The van der Waals surface area contributed by atoms with Crippen molar-refractivity contribution in [3.8, 4) is 0 Å². The molecule has 3 unspecified atom stereocenters. The van der Waals surface area contributed by atoms with Crippen LogP contribution in [0.25, 0.3) is 0 Å². The average Bonchev–Trinajstić information content (AvgIpc) is 3.10. The molecule has 0 saturated heterocycles. The zero-order valence-corrected chi connectivity index (χ0v) is 53.1. The Kier molecular flexibility index (Phi) is 23.9. The Morgan fingerprint density at radius 3 is 1.21 bits per heavy atom. The lowest BCUT2D eigenvalue weighted by Crippen LogP contribution is -2.26. The second-order valence-electron chi connectivity index (χ2n) is 21.5. The number of anilines is 3. The first-order valence-electron chi connectivity index (χ1n) is 28.9. The molecular weight excluding hydrogens is 1140 g/mol. The van der Waals surface area contributed by atoms with Crippen LogP contribution in [0.5, 0.6) is 0 Å². The van der Waals surface area contributed by atoms with Crippen LogP contribution in [0.2, 0.25) is 0 Å². The summed E-state index contributed by atoms with van der Waals surface area (Å²) in [6.45, 7) is 9.20. The molecule has 0 aromatic heterocycles. The summed E-state index contributed by atoms with van der Waals surface area (Å²) in [5.41, 5.74) is 10.3. The first-order chi connectivity index (χ1) is 40.3. The van der Waals surface area contributed by atoms with Crippen molar-refractivity contribution in [1.29, 1.82) is 0 Å². The Balaban J connectivity index is 0.000000182. The Labute approximate surface area is 504 Å². The van der Waals surface area contributed by atoms with Crippen LogP contribution in [0, 0.1) is 20.8 Å². The summed E-state index contributed by atoms with van der Waals surface area (Å²) >= 11 is 1.82. The van der Waals surface area contributed by atoms with Gasteiger partial charge in [0.2, 0.25) is 5.91 Å². The van der Waals surface area contributed by atoms with E-state index in [1.807, 2.05) is 142 Å². The number of hydrogen-bond acceptors (Lipinski definition) is 13. The summed E-state index contributed by atoms with van der Waals surface area (Å²) in [6.07, 6.45) is 10.4. The van der Waals surface area contributed by atoms with Crippen molar-refractivity contribution in [3.05, 3.63) is 177 Å². The maximum Gasteiger partial charge on any atom is 0.264 e. The molecule has 6 aromatic carbocycles. The normalized spacial score (nSPS) is 17.6. The van der Waals surface area contributed by atoms with E-state index in [1.54, 1.807) is 46.5 Å². The number of carbonyl (C=O) groups is 1. The molecule has 0 fully saturated rings. The van der Waals surface area contributed by atoms with Crippen LogP contribution in [0.15, 0.2) is 142 Å². The molecule has 0 saturated carbocycles. The maximum atomic E-state index is 13.3. The number of methoxy groups -OCH3 is 1. The van der Waals surface area contributed by atoms with E-state index in [0.29, 0.717) is 33.3 Å². The average molecular weight is 1220 g/mol. The van der Waals surface area contributed by atoms with Gasteiger partial charge < -0.3 is 31.1 Å². The molecule has 3 heterocycles. The van der Waals surface area contributed by atoms with Crippen LogP contribution in [0.4, 0.5) is 17.1 Å². The molecule has 9 rings (SSSR count). The van der Waals surface area contributed by atoms with E-state index in [2.05, 4.69) is 27.5 Å². The second kappa shape index (κ2) is 30.5. The Hall–Kier alpha value is -5.81. The molecule has 20 heteroatoms. The lowest BCUT2D eigenvalue weighted by molar-refractivity contribution is -0.121. The number of benzene rings is 6. The van der Waals surface area contributed by atoms with Crippen LogP contribution in [0.3, 0.4) is 0 Å². The van der Waals surface area contributed by atoms with Crippen molar-refractivity contribution in [1.82, 2.24) is 21.3 Å². The van der Waals surface area contributed by atoms with Crippen LogP contribution in [-0.2, 0) is 39.6 Å². The molecule has 6 aromatic rings. The topological polar surface area (TPSA) is 207 Å². The number of unbranched alkanes of at least 4 members (excludes halogenated alkanes) is 5. The molecule has 16 nitrogen and oxygen atoms in total. The Morgan fingerprint density at radius 2 is 0.845 bits per heavy atom. The van der Waals surface area contributed by atoms with Gasteiger partial charge in [-0.15, -0.1) is 0 Å². The molecular formula is C64H85N7O9S4. The fourth-order valence-corrected chi connectivity index (χ4v) is 16.0. The molecule has 0 aliphatic carbocycles. The highest BCUT2D eigenvalue weighted by molar-refractivity contribution is 7.98. The fraction of sp³-hybridized carbons (Fsp3) is 0.422. The van der Waals surface area contributed by atoms with Gasteiger partial charge in [-0.3, -0.25) is 17.7 Å². The minimum atomic E-state index is -3.64. The van der Waals surface area contributed by atoms with E-state index < -0.39 is 30.1 Å². The first kappa shape index (κ1) is 65.7. The number of aryl methyl sites for hydroxylation is 3. The summed E-state index contributed by atoms with van der Waals surface area (Å²) in [5.74, 6) is 1.06. The number of aliphatic hydroxyl groups excluding tert-OH is 1.